The summed E-state index contributed by atoms with van der Waals surface area (Å²) < 4.78 is 5.69. The summed E-state index contributed by atoms with van der Waals surface area (Å²) in [4.78, 5) is 0. The van der Waals surface area contributed by atoms with Gasteiger partial charge in [-0.05, 0) is 30.6 Å². The maximum absolute atomic E-state index is 9.20. The predicted octanol–water partition coefficient (Wildman–Crippen LogP) is 1.43. The normalized spacial score (nSPS) is 47.5. The Morgan fingerprint density at radius 1 is 1.42 bits per heavy atom. The van der Waals surface area contributed by atoms with E-state index in [1.807, 2.05) is 0 Å². The third-order valence-corrected chi connectivity index (χ3v) is 3.50. The van der Waals surface area contributed by atoms with E-state index < -0.39 is 0 Å². The van der Waals surface area contributed by atoms with Crippen LogP contribution in [0.3, 0.4) is 0 Å². The lowest BCUT2D eigenvalue weighted by Crippen LogP contribution is -2.33. The topological polar surface area (TPSA) is 29.5 Å². The second kappa shape index (κ2) is 3.35. The number of aliphatic hydroxyl groups excluding tert-OH is 1. The number of rotatable bonds is 1. The van der Waals surface area contributed by atoms with Crippen molar-refractivity contribution in [3.63, 3.8) is 0 Å². The van der Waals surface area contributed by atoms with Crippen molar-refractivity contribution in [3.05, 3.63) is 0 Å². The second-order valence-corrected chi connectivity index (χ2v) is 4.30. The first-order valence-corrected chi connectivity index (χ1v) is 5.05. The number of hydrogen-bond acceptors (Lipinski definition) is 2. The number of ether oxygens (including phenoxy) is 1. The van der Waals surface area contributed by atoms with Crippen molar-refractivity contribution in [3.8, 4) is 0 Å². The fourth-order valence-electron chi connectivity index (χ4n) is 2.89. The van der Waals surface area contributed by atoms with Gasteiger partial charge in [-0.25, -0.2) is 0 Å². The summed E-state index contributed by atoms with van der Waals surface area (Å²) in [6.07, 6.45) is 4.11. The Bertz CT molecular complexity index is 156. The van der Waals surface area contributed by atoms with Crippen LogP contribution in [-0.4, -0.2) is 24.4 Å². The molecule has 1 saturated heterocycles. The first-order valence-electron chi connectivity index (χ1n) is 5.05. The summed E-state index contributed by atoms with van der Waals surface area (Å²) in [5.41, 5.74) is 0. The first-order chi connectivity index (χ1) is 5.83. The van der Waals surface area contributed by atoms with Crippen LogP contribution in [0.2, 0.25) is 0 Å². The predicted molar refractivity (Wildman–Crippen MR) is 46.8 cm³/mol. The van der Waals surface area contributed by atoms with Crippen LogP contribution >= 0.6 is 0 Å². The van der Waals surface area contributed by atoms with E-state index in [0.29, 0.717) is 30.5 Å². The van der Waals surface area contributed by atoms with Gasteiger partial charge >= 0.3 is 0 Å². The molecule has 4 atom stereocenters. The van der Waals surface area contributed by atoms with Crippen LogP contribution in [0, 0.1) is 17.8 Å². The van der Waals surface area contributed by atoms with Gasteiger partial charge in [0.1, 0.15) is 0 Å². The molecule has 0 unspecified atom stereocenters. The zero-order valence-corrected chi connectivity index (χ0v) is 7.70. The Labute approximate surface area is 73.9 Å². The molecule has 2 fully saturated rings. The van der Waals surface area contributed by atoms with E-state index in [2.05, 4.69) is 6.92 Å². The molecule has 1 aliphatic heterocycles. The van der Waals surface area contributed by atoms with Gasteiger partial charge in [-0.3, -0.25) is 0 Å². The average molecular weight is 170 g/mol. The molecule has 0 aromatic rings. The van der Waals surface area contributed by atoms with Gasteiger partial charge in [-0.2, -0.15) is 0 Å². The SMILES string of the molecule is C[C@H]1CO[C@H]2CCC[C@@H](CO)[C@H]21. The summed E-state index contributed by atoms with van der Waals surface area (Å²) in [5, 5.41) is 9.20. The maximum atomic E-state index is 9.20. The van der Waals surface area contributed by atoms with E-state index >= 15 is 0 Å². The molecule has 0 aromatic carbocycles. The van der Waals surface area contributed by atoms with E-state index in [-0.39, 0.29) is 0 Å². The average Bonchev–Trinajstić information content (AvgIpc) is 2.48. The summed E-state index contributed by atoms with van der Waals surface area (Å²) in [7, 11) is 0. The Hall–Kier alpha value is -0.0800. The van der Waals surface area contributed by atoms with Gasteiger partial charge in [0.25, 0.3) is 0 Å². The minimum atomic E-state index is 0.356. The molecule has 0 amide bonds. The number of hydrogen-bond donors (Lipinski definition) is 1. The van der Waals surface area contributed by atoms with Gasteiger partial charge < -0.3 is 9.84 Å². The van der Waals surface area contributed by atoms with Gasteiger partial charge in [0, 0.05) is 13.2 Å². The quantitative estimate of drug-likeness (QED) is 0.645. The molecule has 0 bridgehead atoms. The van der Waals surface area contributed by atoms with Gasteiger partial charge in [-0.1, -0.05) is 13.3 Å². The highest BCUT2D eigenvalue weighted by molar-refractivity contribution is 4.89. The van der Waals surface area contributed by atoms with Crippen molar-refractivity contribution >= 4 is 0 Å². The van der Waals surface area contributed by atoms with Crippen molar-refractivity contribution in [2.24, 2.45) is 17.8 Å². The third kappa shape index (κ3) is 1.27. The molecular formula is C10H18O2. The highest BCUT2D eigenvalue weighted by Crippen LogP contribution is 2.41. The van der Waals surface area contributed by atoms with E-state index in [4.69, 9.17) is 4.74 Å². The van der Waals surface area contributed by atoms with Crippen LogP contribution in [0.1, 0.15) is 26.2 Å². The minimum absolute atomic E-state index is 0.356. The van der Waals surface area contributed by atoms with E-state index in [9.17, 15) is 5.11 Å². The van der Waals surface area contributed by atoms with Crippen LogP contribution in [-0.2, 0) is 4.74 Å². The Kier molecular flexibility index (Phi) is 2.37. The lowest BCUT2D eigenvalue weighted by Gasteiger charge is -2.33. The van der Waals surface area contributed by atoms with Crippen LogP contribution < -0.4 is 0 Å². The zero-order chi connectivity index (χ0) is 8.55. The summed E-state index contributed by atoms with van der Waals surface area (Å²) >= 11 is 0. The molecule has 12 heavy (non-hydrogen) atoms. The molecule has 2 nitrogen and oxygen atoms in total. The lowest BCUT2D eigenvalue weighted by atomic mass is 9.73. The number of fused-ring (bicyclic) bond motifs is 1. The molecule has 70 valence electrons. The van der Waals surface area contributed by atoms with Crippen molar-refractivity contribution < 1.29 is 9.84 Å². The van der Waals surface area contributed by atoms with Gasteiger partial charge in [0.05, 0.1) is 6.10 Å². The van der Waals surface area contributed by atoms with Crippen LogP contribution in [0.25, 0.3) is 0 Å². The molecular weight excluding hydrogens is 152 g/mol. The molecule has 1 saturated carbocycles. The largest absolute Gasteiger partial charge is 0.396 e. The summed E-state index contributed by atoms with van der Waals surface area (Å²) in [6.45, 7) is 3.51. The van der Waals surface area contributed by atoms with Crippen molar-refractivity contribution in [1.29, 1.82) is 0 Å². The van der Waals surface area contributed by atoms with Crippen LogP contribution in [0.4, 0.5) is 0 Å². The highest BCUT2D eigenvalue weighted by atomic mass is 16.5. The molecule has 0 radical (unpaired) electrons. The van der Waals surface area contributed by atoms with Crippen LogP contribution in [0.5, 0.6) is 0 Å². The highest BCUT2D eigenvalue weighted by Gasteiger charge is 2.41. The Morgan fingerprint density at radius 3 is 3.00 bits per heavy atom. The molecule has 1 aliphatic carbocycles. The van der Waals surface area contributed by atoms with E-state index in [1.54, 1.807) is 0 Å². The van der Waals surface area contributed by atoms with Crippen LogP contribution in [0.15, 0.2) is 0 Å². The van der Waals surface area contributed by atoms with Gasteiger partial charge in [0.2, 0.25) is 0 Å². The van der Waals surface area contributed by atoms with Crippen molar-refractivity contribution in [1.82, 2.24) is 0 Å². The van der Waals surface area contributed by atoms with E-state index in [0.717, 1.165) is 6.61 Å². The molecule has 2 aliphatic rings. The monoisotopic (exact) mass is 170 g/mol. The fourth-order valence-corrected chi connectivity index (χ4v) is 2.89. The molecule has 2 heteroatoms. The minimum Gasteiger partial charge on any atom is -0.396 e. The molecule has 1 N–H and O–H groups in total. The van der Waals surface area contributed by atoms with E-state index in [1.165, 1.54) is 19.3 Å². The molecule has 0 spiro atoms. The number of aliphatic hydroxyl groups is 1. The Balaban J connectivity index is 2.07. The smallest absolute Gasteiger partial charge is 0.0610 e. The zero-order valence-electron chi connectivity index (χ0n) is 7.70. The van der Waals surface area contributed by atoms with Gasteiger partial charge in [0.15, 0.2) is 0 Å². The fraction of sp³-hybridized carbons (Fsp3) is 1.00. The van der Waals surface area contributed by atoms with Crippen molar-refractivity contribution in [2.75, 3.05) is 13.2 Å². The standard InChI is InChI=1S/C10H18O2/c1-7-6-12-9-4-2-3-8(5-11)10(7)9/h7-11H,2-6H2,1H3/t7-,8-,9-,10+/m0/s1. The Morgan fingerprint density at radius 2 is 2.25 bits per heavy atom. The molecule has 1 heterocycles. The van der Waals surface area contributed by atoms with Gasteiger partial charge in [-0.15, -0.1) is 0 Å². The molecule has 0 aromatic heterocycles. The molecule has 2 rings (SSSR count). The summed E-state index contributed by atoms with van der Waals surface area (Å²) in [6, 6.07) is 0. The maximum Gasteiger partial charge on any atom is 0.0610 e. The second-order valence-electron chi connectivity index (χ2n) is 4.30. The van der Waals surface area contributed by atoms with Crippen molar-refractivity contribution in [2.45, 2.75) is 32.3 Å². The lowest BCUT2D eigenvalue weighted by molar-refractivity contribution is 0.0256. The third-order valence-electron chi connectivity index (χ3n) is 3.50. The summed E-state index contributed by atoms with van der Waals surface area (Å²) in [5.74, 6) is 1.82. The first kappa shape index (κ1) is 8.52.